The van der Waals surface area contributed by atoms with Crippen LogP contribution < -0.4 is 4.74 Å². The molecule has 6 nitrogen and oxygen atoms in total. The molecule has 1 aliphatic rings. The van der Waals surface area contributed by atoms with Gasteiger partial charge in [-0.05, 0) is 192 Å². The summed E-state index contributed by atoms with van der Waals surface area (Å²) in [5, 5.41) is 31.8. The van der Waals surface area contributed by atoms with Crippen LogP contribution in [0, 0.1) is 27.9 Å². The number of halogens is 4. The third-order valence-corrected chi connectivity index (χ3v) is 19.4. The van der Waals surface area contributed by atoms with Crippen LogP contribution in [0.1, 0.15) is 211 Å². The van der Waals surface area contributed by atoms with E-state index in [9.17, 15) is 10.2 Å². The molecule has 0 spiro atoms. The monoisotopic (exact) mass is 1480 g/mol. The molecule has 0 fully saturated rings. The summed E-state index contributed by atoms with van der Waals surface area (Å²) >= 11 is 13.9. The molecule has 11 heteroatoms. The van der Waals surface area contributed by atoms with Crippen molar-refractivity contribution in [1.82, 2.24) is 9.13 Å². The molecule has 2 heterocycles. The Balaban J connectivity index is 0.0000104. The predicted molar refractivity (Wildman–Crippen MR) is 390 cm³/mol. The van der Waals surface area contributed by atoms with E-state index in [0.29, 0.717) is 22.4 Å². The van der Waals surface area contributed by atoms with E-state index in [0.717, 1.165) is 67.6 Å². The van der Waals surface area contributed by atoms with E-state index < -0.39 is 34.3 Å². The second-order valence-electron chi connectivity index (χ2n) is 34.6. The summed E-state index contributed by atoms with van der Waals surface area (Å²) < 4.78 is 50.5. The van der Waals surface area contributed by atoms with Crippen molar-refractivity contribution in [2.24, 2.45) is 16.2 Å². The van der Waals surface area contributed by atoms with E-state index in [1.807, 2.05) is 12.1 Å². The molecule has 2 unspecified atom stereocenters. The molecule has 0 aliphatic heterocycles. The zero-order valence-electron chi connectivity index (χ0n) is 59.9. The molecule has 0 saturated heterocycles. The van der Waals surface area contributed by atoms with Crippen molar-refractivity contribution in [3.63, 3.8) is 0 Å². The van der Waals surface area contributed by atoms with Crippen molar-refractivity contribution in [3.8, 4) is 28.3 Å². The first-order valence-electron chi connectivity index (χ1n) is 33.2. The van der Waals surface area contributed by atoms with Gasteiger partial charge in [-0.2, -0.15) is 0 Å². The van der Waals surface area contributed by atoms with Gasteiger partial charge < -0.3 is 28.8 Å². The summed E-state index contributed by atoms with van der Waals surface area (Å²) in [6, 6.07) is 36.6. The standard InChI is InChI=1S/C83H100Cl2F2N2O4.Hf/c1-75(2,3)47-81(19,20)54-40-63(73(90)71(42-54)88-67-28-24-50(77(7,8)9)36-59(67)60-37-51(78(10,11)12)25-29-68(60)88)64-45-58(87)46-66(85)74(64)92-32-23-33-93-83(91)65(49-34-56(84)44-57(86)35-49)41-55(82(21,22)48-76(4,5)6)43-72(83)89-69-30-26-52(79(13,14)15)38-61(69)62-39-53(80(16,17)18)27-31-70(62)89;/h24-31,34-46,72,90-91H,23,32-33,47-48H2,1-22H3;. The maximum absolute atomic E-state index is 16.3. The summed E-state index contributed by atoms with van der Waals surface area (Å²) in [7, 11) is 0. The van der Waals surface area contributed by atoms with Gasteiger partial charge in [-0.3, -0.25) is 0 Å². The summed E-state index contributed by atoms with van der Waals surface area (Å²) in [6.45, 7) is 48.8. The first-order chi connectivity index (χ1) is 42.8. The van der Waals surface area contributed by atoms with Gasteiger partial charge in [-0.25, -0.2) is 8.78 Å². The first-order valence-corrected chi connectivity index (χ1v) is 34.0. The number of phenols is 1. The molecule has 1 aliphatic carbocycles. The second kappa shape index (κ2) is 25.4. The Morgan fingerprint density at radius 1 is 0.500 bits per heavy atom. The average Bonchev–Trinajstić information content (AvgIpc) is 1.49. The Kier molecular flexibility index (Phi) is 19.6. The van der Waals surface area contributed by atoms with Crippen LogP contribution in [-0.4, -0.2) is 38.3 Å². The van der Waals surface area contributed by atoms with Gasteiger partial charge in [-0.1, -0.05) is 206 Å². The molecule has 0 saturated carbocycles. The van der Waals surface area contributed by atoms with Gasteiger partial charge >= 0.3 is 0 Å². The number of rotatable bonds is 14. The SMILES string of the molecule is CC(C)(C)CC(C)(C)C1=CC(n2c3ccc(C(C)(C)C)cc3c3cc(C(C)(C)C)ccc32)C(O)(OCCCOc2c(Cl)cc(F)cc2-c2cc(C(C)(C)CC(C)(C)C)cc(-n3c4ccc(C(C)(C)C)cc4c4cc(C(C)(C)C)ccc43)c2O)C(c2cc(F)cc(Cl)c2)=C1.[Hf]. The maximum atomic E-state index is 16.3. The molecule has 2 N–H and O–H groups in total. The van der Waals surface area contributed by atoms with Crippen LogP contribution in [0.15, 0.2) is 133 Å². The Morgan fingerprint density at radius 2 is 0.947 bits per heavy atom. The predicted octanol–water partition coefficient (Wildman–Crippen LogP) is 24.0. The fraction of sp³-hybridized carbons (Fsp3) is 0.446. The van der Waals surface area contributed by atoms with Crippen molar-refractivity contribution in [2.45, 2.75) is 210 Å². The number of phenolic OH excluding ortho intramolecular Hbond substituents is 1. The summed E-state index contributed by atoms with van der Waals surface area (Å²) in [4.78, 5) is 0. The molecule has 498 valence electrons. The molecule has 0 amide bonds. The fourth-order valence-electron chi connectivity index (χ4n) is 14.7. The number of aliphatic hydroxyl groups is 1. The molecule has 7 aromatic carbocycles. The first kappa shape index (κ1) is 72.7. The van der Waals surface area contributed by atoms with Gasteiger partial charge in [-0.15, -0.1) is 0 Å². The molecule has 2 atom stereocenters. The number of allylic oxidation sites excluding steroid dienone is 2. The number of nitrogens with zero attached hydrogens (tertiary/aromatic N) is 2. The normalized spacial score (nSPS) is 16.5. The molecule has 0 radical (unpaired) electrons. The van der Waals surface area contributed by atoms with E-state index in [1.165, 1.54) is 46.5 Å². The van der Waals surface area contributed by atoms with Crippen LogP contribution >= 0.6 is 23.2 Å². The number of hydrogen-bond donors (Lipinski definition) is 2. The molecule has 94 heavy (non-hydrogen) atoms. The van der Waals surface area contributed by atoms with E-state index >= 15 is 8.78 Å². The van der Waals surface area contributed by atoms with Gasteiger partial charge in [0, 0.05) is 86.6 Å². The average molecular weight is 1480 g/mol. The number of hydrogen-bond acceptors (Lipinski definition) is 4. The van der Waals surface area contributed by atoms with Crippen molar-refractivity contribution in [1.29, 1.82) is 0 Å². The largest absolute Gasteiger partial charge is 0.505 e. The van der Waals surface area contributed by atoms with Crippen LogP contribution in [0.2, 0.25) is 10.0 Å². The molecule has 10 rings (SSSR count). The Hall–Kier alpha value is -5.55. The minimum Gasteiger partial charge on any atom is -0.505 e. The smallest absolute Gasteiger partial charge is 0.218 e. The third kappa shape index (κ3) is 14.7. The Labute approximate surface area is 587 Å². The topological polar surface area (TPSA) is 68.8 Å². The maximum Gasteiger partial charge on any atom is 0.218 e. The zero-order valence-corrected chi connectivity index (χ0v) is 65.0. The van der Waals surface area contributed by atoms with E-state index in [1.54, 1.807) is 6.07 Å². The molecular formula is C83H100Cl2F2HfN2O4. The summed E-state index contributed by atoms with van der Waals surface area (Å²) in [6.07, 6.45) is 5.93. The van der Waals surface area contributed by atoms with Crippen LogP contribution in [0.3, 0.4) is 0 Å². The van der Waals surface area contributed by atoms with Gasteiger partial charge in [0.1, 0.15) is 29.2 Å². The van der Waals surface area contributed by atoms with Crippen molar-refractivity contribution >= 4 is 72.4 Å². The summed E-state index contributed by atoms with van der Waals surface area (Å²) in [5.41, 5.74) is 10.6. The quantitative estimate of drug-likeness (QED) is 0.0647. The zero-order chi connectivity index (χ0) is 68.5. The number of fused-ring (bicyclic) bond motifs is 6. The minimum atomic E-state index is -2.14. The minimum absolute atomic E-state index is 0. The van der Waals surface area contributed by atoms with Gasteiger partial charge in [0.25, 0.3) is 0 Å². The fourth-order valence-corrected chi connectivity index (χ4v) is 15.2. The van der Waals surface area contributed by atoms with Crippen LogP contribution in [0.5, 0.6) is 11.5 Å². The van der Waals surface area contributed by atoms with E-state index in [4.69, 9.17) is 32.7 Å². The van der Waals surface area contributed by atoms with E-state index in [-0.39, 0.29) is 105 Å². The molecule has 2 aromatic heterocycles. The third-order valence-electron chi connectivity index (χ3n) is 18.9. The van der Waals surface area contributed by atoms with E-state index in [2.05, 4.69) is 246 Å². The van der Waals surface area contributed by atoms with Crippen molar-refractivity contribution in [3.05, 3.63) is 188 Å². The number of aromatic hydroxyl groups is 1. The molecule has 9 aromatic rings. The Bertz CT molecular complexity index is 4300. The van der Waals surface area contributed by atoms with Crippen molar-refractivity contribution in [2.75, 3.05) is 13.2 Å². The molecule has 0 bridgehead atoms. The van der Waals surface area contributed by atoms with Crippen molar-refractivity contribution < 1.29 is 54.3 Å². The second-order valence-corrected chi connectivity index (χ2v) is 35.4. The van der Waals surface area contributed by atoms with Crippen LogP contribution in [0.4, 0.5) is 8.78 Å². The number of ether oxygens (including phenoxy) is 2. The van der Waals surface area contributed by atoms with Crippen LogP contribution in [0.25, 0.3) is 66.0 Å². The summed E-state index contributed by atoms with van der Waals surface area (Å²) in [5.74, 6) is -3.16. The van der Waals surface area contributed by atoms with Gasteiger partial charge in [0.15, 0.2) is 0 Å². The number of aromatic nitrogens is 2. The van der Waals surface area contributed by atoms with Crippen LogP contribution in [-0.2, 0) is 57.7 Å². The van der Waals surface area contributed by atoms with Gasteiger partial charge in [0.05, 0.1) is 35.0 Å². The Morgan fingerprint density at radius 3 is 1.40 bits per heavy atom. The van der Waals surface area contributed by atoms with Gasteiger partial charge in [0.2, 0.25) is 5.79 Å². The number of benzene rings is 7. The molecular weight excluding hydrogens is 1380 g/mol.